The molecule has 0 amide bonds. The Kier molecular flexibility index (Phi) is 6.67. The van der Waals surface area contributed by atoms with E-state index in [0.717, 1.165) is 11.2 Å². The molecule has 0 radical (unpaired) electrons. The second kappa shape index (κ2) is 7.50. The van der Waals surface area contributed by atoms with E-state index >= 15 is 0 Å². The molecule has 1 rings (SSSR count). The quantitative estimate of drug-likeness (QED) is 0.574. The summed E-state index contributed by atoms with van der Waals surface area (Å²) in [6.45, 7) is 4.58. The molecule has 0 aliphatic rings. The van der Waals surface area contributed by atoms with E-state index in [4.69, 9.17) is 0 Å². The van der Waals surface area contributed by atoms with E-state index in [1.54, 1.807) is 0 Å². The first-order valence-electron chi connectivity index (χ1n) is 6.02. The van der Waals surface area contributed by atoms with Crippen LogP contribution in [0.1, 0.15) is 44.6 Å². The molecule has 1 atom stereocenters. The van der Waals surface area contributed by atoms with Crippen LogP contribution in [0, 0.1) is 5.92 Å². The normalized spacial score (nSPS) is 13.1. The lowest BCUT2D eigenvalue weighted by atomic mass is 9.87. The van der Waals surface area contributed by atoms with Gasteiger partial charge in [-0.1, -0.05) is 70.7 Å². The Bertz CT molecular complexity index is 305. The van der Waals surface area contributed by atoms with Crippen LogP contribution in [0.5, 0.6) is 0 Å². The van der Waals surface area contributed by atoms with E-state index in [9.17, 15) is 0 Å². The van der Waals surface area contributed by atoms with Gasteiger partial charge in [0.2, 0.25) is 0 Å². The monoisotopic (exact) mass is 346 g/mol. The molecule has 0 nitrogen and oxygen atoms in total. The van der Waals surface area contributed by atoms with Gasteiger partial charge in [-0.15, -0.1) is 0 Å². The van der Waals surface area contributed by atoms with Gasteiger partial charge in [-0.05, 0) is 36.0 Å². The average molecular weight is 348 g/mol. The van der Waals surface area contributed by atoms with Gasteiger partial charge in [-0.25, -0.2) is 0 Å². The first-order chi connectivity index (χ1) is 7.71. The molecule has 16 heavy (non-hydrogen) atoms. The Morgan fingerprint density at radius 3 is 2.38 bits per heavy atom. The molecule has 1 aromatic carbocycles. The molecular weight excluding hydrogens is 328 g/mol. The van der Waals surface area contributed by atoms with Crippen LogP contribution >= 0.6 is 31.9 Å². The number of alkyl halides is 1. The lowest BCUT2D eigenvalue weighted by Gasteiger charge is -2.20. The van der Waals surface area contributed by atoms with Crippen molar-refractivity contribution in [3.63, 3.8) is 0 Å². The van der Waals surface area contributed by atoms with E-state index < -0.39 is 0 Å². The summed E-state index contributed by atoms with van der Waals surface area (Å²) in [5, 5.41) is 1.06. The van der Waals surface area contributed by atoms with Crippen LogP contribution in [0.3, 0.4) is 0 Å². The Balaban J connectivity index is 2.74. The highest BCUT2D eigenvalue weighted by Crippen LogP contribution is 2.30. The molecule has 0 saturated heterocycles. The van der Waals surface area contributed by atoms with E-state index in [1.165, 1.54) is 29.3 Å². The van der Waals surface area contributed by atoms with Crippen LogP contribution in [0.25, 0.3) is 0 Å². The molecule has 0 fully saturated rings. The number of rotatable bonds is 6. The molecule has 0 saturated carbocycles. The molecule has 90 valence electrons. The van der Waals surface area contributed by atoms with Gasteiger partial charge in [0.05, 0.1) is 0 Å². The van der Waals surface area contributed by atoms with Gasteiger partial charge < -0.3 is 0 Å². The van der Waals surface area contributed by atoms with Gasteiger partial charge in [0.25, 0.3) is 0 Å². The first-order valence-corrected chi connectivity index (χ1v) is 7.94. The predicted molar refractivity (Wildman–Crippen MR) is 79.4 cm³/mol. The fraction of sp³-hybridized carbons (Fsp3) is 0.571. The van der Waals surface area contributed by atoms with E-state index in [2.05, 4.69) is 70.0 Å². The lowest BCUT2D eigenvalue weighted by Crippen LogP contribution is -2.08. The summed E-state index contributed by atoms with van der Waals surface area (Å²) in [6, 6.07) is 8.70. The van der Waals surface area contributed by atoms with E-state index in [0.29, 0.717) is 5.92 Å². The molecule has 1 aromatic rings. The molecule has 0 N–H and O–H groups in total. The minimum absolute atomic E-state index is 0.641. The third kappa shape index (κ3) is 4.21. The summed E-state index contributed by atoms with van der Waals surface area (Å²) >= 11 is 7.19. The Morgan fingerprint density at radius 1 is 1.19 bits per heavy atom. The van der Waals surface area contributed by atoms with Gasteiger partial charge in [0.1, 0.15) is 0 Å². The summed E-state index contributed by atoms with van der Waals surface area (Å²) < 4.78 is 1.18. The number of hydrogen-bond donors (Lipinski definition) is 0. The maximum Gasteiger partial charge on any atom is 0.0178 e. The molecule has 0 aliphatic carbocycles. The predicted octanol–water partition coefficient (Wildman–Crippen LogP) is 5.75. The van der Waals surface area contributed by atoms with Crippen molar-refractivity contribution in [3.05, 3.63) is 34.3 Å². The SMILES string of the molecule is CCC(CC)CC(CBr)c1cccc(Br)c1. The van der Waals surface area contributed by atoms with Crippen molar-refractivity contribution < 1.29 is 0 Å². The molecule has 0 spiro atoms. The van der Waals surface area contributed by atoms with Crippen LogP contribution in [-0.4, -0.2) is 5.33 Å². The maximum atomic E-state index is 3.65. The second-order valence-electron chi connectivity index (χ2n) is 4.32. The fourth-order valence-electron chi connectivity index (χ4n) is 2.07. The van der Waals surface area contributed by atoms with Crippen molar-refractivity contribution in [2.24, 2.45) is 5.92 Å². The number of benzene rings is 1. The second-order valence-corrected chi connectivity index (χ2v) is 5.89. The van der Waals surface area contributed by atoms with Gasteiger partial charge in [-0.3, -0.25) is 0 Å². The third-order valence-corrected chi connectivity index (χ3v) is 4.55. The summed E-state index contributed by atoms with van der Waals surface area (Å²) in [6.07, 6.45) is 3.86. The van der Waals surface area contributed by atoms with Crippen LogP contribution in [0.2, 0.25) is 0 Å². The van der Waals surface area contributed by atoms with Crippen LogP contribution < -0.4 is 0 Å². The van der Waals surface area contributed by atoms with Crippen LogP contribution in [0.15, 0.2) is 28.7 Å². The standard InChI is InChI=1S/C14H20Br2/c1-3-11(4-2)8-13(10-15)12-6-5-7-14(16)9-12/h5-7,9,11,13H,3-4,8,10H2,1-2H3. The van der Waals surface area contributed by atoms with Crippen molar-refractivity contribution in [1.82, 2.24) is 0 Å². The molecular formula is C14H20Br2. The van der Waals surface area contributed by atoms with E-state index in [1.807, 2.05) is 0 Å². The van der Waals surface area contributed by atoms with Crippen molar-refractivity contribution >= 4 is 31.9 Å². The fourth-order valence-corrected chi connectivity index (χ4v) is 3.13. The highest BCUT2D eigenvalue weighted by Gasteiger charge is 2.15. The number of halogens is 2. The molecule has 0 heterocycles. The third-order valence-electron chi connectivity index (χ3n) is 3.28. The zero-order valence-corrected chi connectivity index (χ0v) is 13.2. The van der Waals surface area contributed by atoms with Gasteiger partial charge in [0.15, 0.2) is 0 Å². The highest BCUT2D eigenvalue weighted by atomic mass is 79.9. The van der Waals surface area contributed by atoms with Crippen molar-refractivity contribution in [1.29, 1.82) is 0 Å². The summed E-state index contributed by atoms with van der Waals surface area (Å²) in [5.41, 5.74) is 1.44. The zero-order chi connectivity index (χ0) is 12.0. The molecule has 0 aliphatic heterocycles. The number of hydrogen-bond acceptors (Lipinski definition) is 0. The Hall–Kier alpha value is 0.180. The summed E-state index contributed by atoms with van der Waals surface area (Å²) in [4.78, 5) is 0. The van der Waals surface area contributed by atoms with Crippen molar-refractivity contribution in [2.75, 3.05) is 5.33 Å². The minimum Gasteiger partial charge on any atom is -0.0921 e. The van der Waals surface area contributed by atoms with Gasteiger partial charge in [-0.2, -0.15) is 0 Å². The average Bonchev–Trinajstić information content (AvgIpc) is 2.31. The summed E-state index contributed by atoms with van der Waals surface area (Å²) in [7, 11) is 0. The van der Waals surface area contributed by atoms with Crippen LogP contribution in [0.4, 0.5) is 0 Å². The molecule has 0 bridgehead atoms. The highest BCUT2D eigenvalue weighted by molar-refractivity contribution is 9.10. The maximum absolute atomic E-state index is 3.65. The smallest absolute Gasteiger partial charge is 0.0178 e. The van der Waals surface area contributed by atoms with E-state index in [-0.39, 0.29) is 0 Å². The molecule has 2 heteroatoms. The summed E-state index contributed by atoms with van der Waals surface area (Å²) in [5.74, 6) is 1.49. The largest absolute Gasteiger partial charge is 0.0921 e. The Labute approximate surface area is 116 Å². The first kappa shape index (κ1) is 14.2. The minimum atomic E-state index is 0.641. The lowest BCUT2D eigenvalue weighted by molar-refractivity contribution is 0.425. The Morgan fingerprint density at radius 2 is 1.88 bits per heavy atom. The topological polar surface area (TPSA) is 0 Å². The molecule has 1 unspecified atom stereocenters. The van der Waals surface area contributed by atoms with Crippen molar-refractivity contribution in [2.45, 2.75) is 39.0 Å². The van der Waals surface area contributed by atoms with Crippen molar-refractivity contribution in [3.8, 4) is 0 Å². The van der Waals surface area contributed by atoms with Gasteiger partial charge in [0, 0.05) is 9.80 Å². The molecule has 0 aromatic heterocycles. The van der Waals surface area contributed by atoms with Gasteiger partial charge >= 0.3 is 0 Å². The van der Waals surface area contributed by atoms with Crippen LogP contribution in [-0.2, 0) is 0 Å². The zero-order valence-electron chi connectivity index (χ0n) is 10.0.